The Morgan fingerprint density at radius 1 is 1.28 bits per heavy atom. The Labute approximate surface area is 111 Å². The van der Waals surface area contributed by atoms with Crippen molar-refractivity contribution in [1.29, 1.82) is 0 Å². The molecule has 1 aliphatic carbocycles. The quantitative estimate of drug-likeness (QED) is 0.811. The van der Waals surface area contributed by atoms with E-state index in [9.17, 15) is 0 Å². The van der Waals surface area contributed by atoms with Crippen molar-refractivity contribution < 1.29 is 0 Å². The number of nitrogens with zero attached hydrogens (tertiary/aromatic N) is 1. The summed E-state index contributed by atoms with van der Waals surface area (Å²) in [7, 11) is 0. The molecule has 4 heteroatoms. The van der Waals surface area contributed by atoms with E-state index in [1.54, 1.807) is 11.3 Å². The maximum atomic E-state index is 5.73. The lowest BCUT2D eigenvalue weighted by atomic mass is 9.96. The predicted octanol–water partition coefficient (Wildman–Crippen LogP) is 2.55. The van der Waals surface area contributed by atoms with Crippen molar-refractivity contribution in [3.63, 3.8) is 0 Å². The van der Waals surface area contributed by atoms with Gasteiger partial charge in [-0.05, 0) is 30.5 Å². The van der Waals surface area contributed by atoms with Gasteiger partial charge in [0.1, 0.15) is 0 Å². The Bertz CT molecular complexity index is 500. The van der Waals surface area contributed by atoms with E-state index in [1.807, 2.05) is 23.8 Å². The molecule has 0 saturated heterocycles. The molecular weight excluding hydrogens is 242 g/mol. The number of anilines is 1. The van der Waals surface area contributed by atoms with Gasteiger partial charge in [-0.2, -0.15) is 0 Å². The summed E-state index contributed by atoms with van der Waals surface area (Å²) in [5.41, 5.74) is 10.2. The fourth-order valence-corrected chi connectivity index (χ4v) is 2.87. The maximum absolute atomic E-state index is 5.73. The second kappa shape index (κ2) is 4.71. The Balaban J connectivity index is 1.60. The molecule has 0 spiro atoms. The number of hydrogen-bond acceptors (Lipinski definition) is 4. The maximum Gasteiger partial charge on any atom is 0.0794 e. The van der Waals surface area contributed by atoms with Crippen LogP contribution < -0.4 is 11.1 Å². The Morgan fingerprint density at radius 3 is 2.67 bits per heavy atom. The van der Waals surface area contributed by atoms with Crippen molar-refractivity contribution in [3.05, 3.63) is 46.4 Å². The lowest BCUT2D eigenvalue weighted by molar-refractivity contribution is 0.577. The van der Waals surface area contributed by atoms with E-state index in [2.05, 4.69) is 22.4 Å². The number of benzene rings is 1. The molecule has 2 aromatic rings. The first kappa shape index (κ1) is 11.7. The zero-order chi connectivity index (χ0) is 12.4. The van der Waals surface area contributed by atoms with Gasteiger partial charge in [0, 0.05) is 35.3 Å². The molecule has 0 radical (unpaired) electrons. The van der Waals surface area contributed by atoms with Crippen LogP contribution >= 0.6 is 11.3 Å². The number of aromatic nitrogens is 1. The molecule has 3 nitrogen and oxygen atoms in total. The van der Waals surface area contributed by atoms with Crippen LogP contribution in [-0.2, 0) is 12.0 Å². The normalized spacial score (nSPS) is 16.7. The highest BCUT2D eigenvalue weighted by Crippen LogP contribution is 2.47. The van der Waals surface area contributed by atoms with Gasteiger partial charge in [0.25, 0.3) is 0 Å². The Hall–Kier alpha value is -1.39. The standard InChI is InChI=1S/C14H17N3S/c15-12-3-1-11(2-4-12)14(5-6-14)9-16-7-13-8-17-10-18-13/h1-4,8,10,16H,5-7,9,15H2. The van der Waals surface area contributed by atoms with Crippen molar-refractivity contribution in [1.82, 2.24) is 10.3 Å². The number of nitrogen functional groups attached to an aromatic ring is 1. The van der Waals surface area contributed by atoms with E-state index >= 15 is 0 Å². The molecule has 0 amide bonds. The molecule has 0 unspecified atom stereocenters. The molecule has 0 atom stereocenters. The molecule has 1 heterocycles. The summed E-state index contributed by atoms with van der Waals surface area (Å²) in [5.74, 6) is 0. The van der Waals surface area contributed by atoms with Crippen molar-refractivity contribution in [2.45, 2.75) is 24.8 Å². The molecule has 3 N–H and O–H groups in total. The van der Waals surface area contributed by atoms with Gasteiger partial charge in [0.05, 0.1) is 5.51 Å². The van der Waals surface area contributed by atoms with Gasteiger partial charge in [-0.15, -0.1) is 11.3 Å². The third-order valence-electron chi connectivity index (χ3n) is 3.62. The number of nitrogens with two attached hydrogens (primary N) is 1. The van der Waals surface area contributed by atoms with Crippen LogP contribution in [0.1, 0.15) is 23.3 Å². The number of nitrogens with one attached hydrogen (secondary N) is 1. The SMILES string of the molecule is Nc1ccc(C2(CNCc3cncs3)CC2)cc1. The number of rotatable bonds is 5. The van der Waals surface area contributed by atoms with Crippen molar-refractivity contribution in [2.75, 3.05) is 12.3 Å². The average Bonchev–Trinajstić information content (AvgIpc) is 2.98. The molecule has 0 aliphatic heterocycles. The van der Waals surface area contributed by atoms with E-state index in [4.69, 9.17) is 5.73 Å². The van der Waals surface area contributed by atoms with E-state index in [0.29, 0.717) is 5.41 Å². The van der Waals surface area contributed by atoms with Crippen molar-refractivity contribution >= 4 is 17.0 Å². The zero-order valence-corrected chi connectivity index (χ0v) is 11.0. The first-order chi connectivity index (χ1) is 8.78. The lowest BCUT2D eigenvalue weighted by Gasteiger charge is -2.16. The van der Waals surface area contributed by atoms with Crippen LogP contribution in [0.2, 0.25) is 0 Å². The lowest BCUT2D eigenvalue weighted by Crippen LogP contribution is -2.26. The minimum Gasteiger partial charge on any atom is -0.399 e. The van der Waals surface area contributed by atoms with Crippen LogP contribution in [-0.4, -0.2) is 11.5 Å². The summed E-state index contributed by atoms with van der Waals surface area (Å²) in [6.07, 6.45) is 4.47. The topological polar surface area (TPSA) is 50.9 Å². The highest BCUT2D eigenvalue weighted by Gasteiger charge is 2.43. The molecule has 0 bridgehead atoms. The summed E-state index contributed by atoms with van der Waals surface area (Å²) in [4.78, 5) is 5.38. The molecule has 18 heavy (non-hydrogen) atoms. The monoisotopic (exact) mass is 259 g/mol. The summed E-state index contributed by atoms with van der Waals surface area (Å²) in [6, 6.07) is 8.32. The van der Waals surface area contributed by atoms with Crippen LogP contribution in [0, 0.1) is 0 Å². The van der Waals surface area contributed by atoms with Gasteiger partial charge < -0.3 is 11.1 Å². The third-order valence-corrected chi connectivity index (χ3v) is 4.40. The van der Waals surface area contributed by atoms with E-state index in [1.165, 1.54) is 23.3 Å². The van der Waals surface area contributed by atoms with Gasteiger partial charge in [-0.3, -0.25) is 4.98 Å². The minimum atomic E-state index is 0.346. The van der Waals surface area contributed by atoms with E-state index < -0.39 is 0 Å². The number of hydrogen-bond donors (Lipinski definition) is 2. The van der Waals surface area contributed by atoms with Crippen LogP contribution in [0.15, 0.2) is 36.0 Å². The second-order valence-electron chi connectivity index (χ2n) is 4.97. The summed E-state index contributed by atoms with van der Waals surface area (Å²) in [6.45, 7) is 1.95. The van der Waals surface area contributed by atoms with Crippen molar-refractivity contribution in [2.24, 2.45) is 0 Å². The van der Waals surface area contributed by atoms with Gasteiger partial charge in [-0.1, -0.05) is 12.1 Å². The highest BCUT2D eigenvalue weighted by molar-refractivity contribution is 7.09. The molecule has 1 aliphatic rings. The molecule has 94 valence electrons. The molecule has 3 rings (SSSR count). The Kier molecular flexibility index (Phi) is 3.06. The largest absolute Gasteiger partial charge is 0.399 e. The Morgan fingerprint density at radius 2 is 2.06 bits per heavy atom. The minimum absolute atomic E-state index is 0.346. The predicted molar refractivity (Wildman–Crippen MR) is 75.6 cm³/mol. The summed E-state index contributed by atoms with van der Waals surface area (Å²) in [5, 5.41) is 3.54. The summed E-state index contributed by atoms with van der Waals surface area (Å²) < 4.78 is 0. The first-order valence-corrected chi connectivity index (χ1v) is 7.11. The van der Waals surface area contributed by atoms with Crippen LogP contribution in [0.3, 0.4) is 0 Å². The average molecular weight is 259 g/mol. The molecule has 1 fully saturated rings. The van der Waals surface area contributed by atoms with Gasteiger partial charge >= 0.3 is 0 Å². The van der Waals surface area contributed by atoms with E-state index in [-0.39, 0.29) is 0 Å². The van der Waals surface area contributed by atoms with Crippen LogP contribution in [0.25, 0.3) is 0 Å². The van der Waals surface area contributed by atoms with Gasteiger partial charge in [-0.25, -0.2) is 0 Å². The van der Waals surface area contributed by atoms with Crippen LogP contribution in [0.5, 0.6) is 0 Å². The van der Waals surface area contributed by atoms with Gasteiger partial charge in [0.2, 0.25) is 0 Å². The molecule has 1 saturated carbocycles. The molecule has 1 aromatic heterocycles. The second-order valence-corrected chi connectivity index (χ2v) is 5.94. The van der Waals surface area contributed by atoms with Crippen molar-refractivity contribution in [3.8, 4) is 0 Å². The zero-order valence-electron chi connectivity index (χ0n) is 10.2. The molecule has 1 aromatic carbocycles. The fraction of sp³-hybridized carbons (Fsp3) is 0.357. The first-order valence-electron chi connectivity index (χ1n) is 6.23. The smallest absolute Gasteiger partial charge is 0.0794 e. The molecular formula is C14H17N3S. The summed E-state index contributed by atoms with van der Waals surface area (Å²) >= 11 is 1.70. The third kappa shape index (κ3) is 2.40. The van der Waals surface area contributed by atoms with E-state index in [0.717, 1.165) is 18.8 Å². The number of thiazole rings is 1. The fourth-order valence-electron chi connectivity index (χ4n) is 2.31. The van der Waals surface area contributed by atoms with Gasteiger partial charge in [0.15, 0.2) is 0 Å². The highest BCUT2D eigenvalue weighted by atomic mass is 32.1. The van der Waals surface area contributed by atoms with Crippen LogP contribution in [0.4, 0.5) is 5.69 Å².